The van der Waals surface area contributed by atoms with Crippen LogP contribution >= 0.6 is 0 Å². The largest absolute Gasteiger partial charge is 0.381 e. The molecule has 14 heavy (non-hydrogen) atoms. The van der Waals surface area contributed by atoms with Gasteiger partial charge >= 0.3 is 0 Å². The third-order valence-corrected chi connectivity index (χ3v) is 3.12. The fourth-order valence-corrected chi connectivity index (χ4v) is 2.43. The maximum Gasteiger partial charge on any atom is 0.128 e. The molecule has 74 valence electrons. The summed E-state index contributed by atoms with van der Waals surface area (Å²) < 4.78 is 19.0. The van der Waals surface area contributed by atoms with Crippen LogP contribution in [0.2, 0.25) is 0 Å². The van der Waals surface area contributed by atoms with Crippen LogP contribution in [0.25, 0.3) is 0 Å². The second kappa shape index (κ2) is 2.95. The molecule has 2 nitrogen and oxygen atoms in total. The molecule has 1 aromatic rings. The van der Waals surface area contributed by atoms with E-state index in [1.165, 1.54) is 6.07 Å². The number of nitrogens with one attached hydrogen (secondary N) is 1. The highest BCUT2D eigenvalue weighted by molar-refractivity contribution is 5.60. The molecule has 0 amide bonds. The van der Waals surface area contributed by atoms with Gasteiger partial charge in [-0.2, -0.15) is 0 Å². The summed E-state index contributed by atoms with van der Waals surface area (Å²) in [7, 11) is 0. The zero-order valence-electron chi connectivity index (χ0n) is 7.79. The third kappa shape index (κ3) is 1.05. The molecule has 1 N–H and O–H groups in total. The van der Waals surface area contributed by atoms with Crippen LogP contribution in [0, 0.1) is 5.82 Å². The number of ether oxygens (including phenoxy) is 1. The van der Waals surface area contributed by atoms with Crippen LogP contribution in [-0.4, -0.2) is 19.3 Å². The summed E-state index contributed by atoms with van der Waals surface area (Å²) in [6, 6.07) is 5.59. The van der Waals surface area contributed by atoms with Crippen molar-refractivity contribution in [2.24, 2.45) is 0 Å². The zero-order valence-corrected chi connectivity index (χ0v) is 7.79. The van der Waals surface area contributed by atoms with Crippen molar-refractivity contribution in [3.63, 3.8) is 0 Å². The van der Waals surface area contributed by atoms with Crippen molar-refractivity contribution in [3.8, 4) is 0 Å². The number of halogens is 1. The van der Waals surface area contributed by atoms with Gasteiger partial charge in [0.05, 0.1) is 6.61 Å². The van der Waals surface area contributed by atoms with E-state index in [4.69, 9.17) is 4.74 Å². The van der Waals surface area contributed by atoms with Gasteiger partial charge in [-0.15, -0.1) is 0 Å². The predicted molar refractivity (Wildman–Crippen MR) is 52.0 cm³/mol. The van der Waals surface area contributed by atoms with Crippen LogP contribution < -0.4 is 5.32 Å². The van der Waals surface area contributed by atoms with Crippen molar-refractivity contribution in [1.29, 1.82) is 0 Å². The number of benzene rings is 1. The van der Waals surface area contributed by atoms with E-state index in [1.807, 2.05) is 6.07 Å². The van der Waals surface area contributed by atoms with E-state index in [1.54, 1.807) is 6.07 Å². The lowest BCUT2D eigenvalue weighted by molar-refractivity contribution is 0.0760. The van der Waals surface area contributed by atoms with E-state index in [2.05, 4.69) is 5.32 Å². The third-order valence-electron chi connectivity index (χ3n) is 3.12. The van der Waals surface area contributed by atoms with Crippen molar-refractivity contribution >= 4 is 5.69 Å². The van der Waals surface area contributed by atoms with Gasteiger partial charge in [-0.3, -0.25) is 0 Å². The highest BCUT2D eigenvalue weighted by atomic mass is 19.1. The monoisotopic (exact) mass is 193 g/mol. The van der Waals surface area contributed by atoms with E-state index in [9.17, 15) is 4.39 Å². The van der Waals surface area contributed by atoms with Crippen molar-refractivity contribution in [2.75, 3.05) is 18.5 Å². The second-order valence-electron chi connectivity index (χ2n) is 3.92. The van der Waals surface area contributed by atoms with Crippen LogP contribution in [0.1, 0.15) is 17.9 Å². The van der Waals surface area contributed by atoms with Gasteiger partial charge < -0.3 is 10.1 Å². The van der Waals surface area contributed by atoms with Crippen molar-refractivity contribution in [1.82, 2.24) is 0 Å². The van der Waals surface area contributed by atoms with Gasteiger partial charge in [0.15, 0.2) is 0 Å². The van der Waals surface area contributed by atoms with Gasteiger partial charge in [0.25, 0.3) is 0 Å². The molecule has 2 aliphatic heterocycles. The van der Waals surface area contributed by atoms with Crippen molar-refractivity contribution < 1.29 is 9.13 Å². The Hall–Kier alpha value is -1.09. The molecule has 2 atom stereocenters. The van der Waals surface area contributed by atoms with Crippen LogP contribution in [0.3, 0.4) is 0 Å². The Kier molecular flexibility index (Phi) is 1.74. The summed E-state index contributed by atoms with van der Waals surface area (Å²) in [6.45, 7) is 1.43. The molecular formula is C11H12FNO. The van der Waals surface area contributed by atoms with Gasteiger partial charge in [-0.05, 0) is 18.6 Å². The van der Waals surface area contributed by atoms with Crippen LogP contribution in [0.15, 0.2) is 18.2 Å². The summed E-state index contributed by atoms with van der Waals surface area (Å²) in [5.74, 6) is 0.105. The second-order valence-corrected chi connectivity index (χ2v) is 3.92. The van der Waals surface area contributed by atoms with Gasteiger partial charge in [0.2, 0.25) is 0 Å². The molecule has 1 saturated heterocycles. The SMILES string of the molecule is Fc1cccc2c1C1COCCC1N2. The van der Waals surface area contributed by atoms with E-state index in [0.29, 0.717) is 12.6 Å². The van der Waals surface area contributed by atoms with Crippen LogP contribution in [0.5, 0.6) is 0 Å². The first-order valence-electron chi connectivity index (χ1n) is 4.99. The average Bonchev–Trinajstić information content (AvgIpc) is 2.57. The minimum atomic E-state index is -0.104. The molecule has 2 unspecified atom stereocenters. The molecule has 2 heterocycles. The fourth-order valence-electron chi connectivity index (χ4n) is 2.43. The summed E-state index contributed by atoms with van der Waals surface area (Å²) in [5, 5.41) is 3.36. The number of hydrogen-bond acceptors (Lipinski definition) is 2. The molecule has 0 spiro atoms. The first-order valence-corrected chi connectivity index (χ1v) is 4.99. The highest BCUT2D eigenvalue weighted by Crippen LogP contribution is 2.40. The van der Waals surface area contributed by atoms with Crippen molar-refractivity contribution in [2.45, 2.75) is 18.4 Å². The van der Waals surface area contributed by atoms with Crippen molar-refractivity contribution in [3.05, 3.63) is 29.6 Å². The summed E-state index contributed by atoms with van der Waals surface area (Å²) in [4.78, 5) is 0. The average molecular weight is 193 g/mol. The number of rotatable bonds is 0. The van der Waals surface area contributed by atoms with E-state index in [-0.39, 0.29) is 11.7 Å². The first kappa shape index (κ1) is 8.24. The maximum absolute atomic E-state index is 13.6. The van der Waals surface area contributed by atoms with E-state index >= 15 is 0 Å². The Morgan fingerprint density at radius 1 is 1.43 bits per heavy atom. The van der Waals surface area contributed by atoms with Gasteiger partial charge in [-0.25, -0.2) is 4.39 Å². The minimum Gasteiger partial charge on any atom is -0.381 e. The lowest BCUT2D eigenvalue weighted by Gasteiger charge is -2.25. The summed E-state index contributed by atoms with van der Waals surface area (Å²) in [6.07, 6.45) is 0.971. The van der Waals surface area contributed by atoms with Gasteiger partial charge in [0, 0.05) is 29.8 Å². The van der Waals surface area contributed by atoms with Crippen LogP contribution in [0.4, 0.5) is 10.1 Å². The van der Waals surface area contributed by atoms with Gasteiger partial charge in [0.1, 0.15) is 5.82 Å². The van der Waals surface area contributed by atoms with E-state index < -0.39 is 0 Å². The molecule has 3 rings (SSSR count). The molecule has 0 aromatic heterocycles. The molecular weight excluding hydrogens is 181 g/mol. The lowest BCUT2D eigenvalue weighted by atomic mass is 9.92. The molecule has 2 aliphatic rings. The number of anilines is 1. The van der Waals surface area contributed by atoms with E-state index in [0.717, 1.165) is 24.3 Å². The predicted octanol–water partition coefficient (Wildman–Crippen LogP) is 2.12. The van der Waals surface area contributed by atoms with Gasteiger partial charge in [-0.1, -0.05) is 6.07 Å². The quantitative estimate of drug-likeness (QED) is 0.681. The Morgan fingerprint density at radius 3 is 3.29 bits per heavy atom. The van der Waals surface area contributed by atoms with Crippen LogP contribution in [-0.2, 0) is 4.74 Å². The Balaban J connectivity index is 2.06. The smallest absolute Gasteiger partial charge is 0.128 e. The Bertz CT molecular complexity index is 366. The molecule has 1 aromatic carbocycles. The maximum atomic E-state index is 13.6. The topological polar surface area (TPSA) is 21.3 Å². The Labute approximate surface area is 82.1 Å². The molecule has 0 saturated carbocycles. The normalized spacial score (nSPS) is 29.2. The minimum absolute atomic E-state index is 0.104. The molecule has 0 bridgehead atoms. The lowest BCUT2D eigenvalue weighted by Crippen LogP contribution is -2.30. The standard InChI is InChI=1S/C11H12FNO/c12-8-2-1-3-10-11(8)7-6-14-5-4-9(7)13-10/h1-3,7,9,13H,4-6H2. The summed E-state index contributed by atoms with van der Waals surface area (Å²) >= 11 is 0. The molecule has 0 radical (unpaired) electrons. The molecule has 1 fully saturated rings. The number of fused-ring (bicyclic) bond motifs is 3. The zero-order chi connectivity index (χ0) is 9.54. The highest BCUT2D eigenvalue weighted by Gasteiger charge is 2.36. The summed E-state index contributed by atoms with van der Waals surface area (Å²) in [5.41, 5.74) is 1.77. The number of hydrogen-bond donors (Lipinski definition) is 1. The Morgan fingerprint density at radius 2 is 2.36 bits per heavy atom. The molecule has 0 aliphatic carbocycles. The molecule has 3 heteroatoms. The fraction of sp³-hybridized carbons (Fsp3) is 0.455. The first-order chi connectivity index (χ1) is 6.86.